The Labute approximate surface area is 219 Å². The lowest BCUT2D eigenvalue weighted by molar-refractivity contribution is -0.118. The molecular formula is C25H25ClN4O4S2. The smallest absolute Gasteiger partial charge is 0.262 e. The number of amides is 2. The Morgan fingerprint density at radius 1 is 1.00 bits per heavy atom. The van der Waals surface area contributed by atoms with E-state index < -0.39 is 27.9 Å². The third-order valence-corrected chi connectivity index (χ3v) is 7.27. The summed E-state index contributed by atoms with van der Waals surface area (Å²) in [6.45, 7) is 1.47. The molecule has 2 aromatic carbocycles. The first kappa shape index (κ1) is 25.9. The number of sulfonamides is 1. The van der Waals surface area contributed by atoms with Gasteiger partial charge >= 0.3 is 0 Å². The number of rotatable bonds is 7. The Kier molecular flexibility index (Phi) is 8.07. The van der Waals surface area contributed by atoms with Gasteiger partial charge in [0.2, 0.25) is 0 Å². The van der Waals surface area contributed by atoms with Gasteiger partial charge in [0.1, 0.15) is 11.9 Å². The molecule has 1 unspecified atom stereocenters. The SMILES string of the molecule is CS(=O)(=O)N=C(c1ccc(NC(=O)C(NC(=O)c2ccc(Cl)s2)c2ccccc2)cc1)N1CCCC1. The minimum Gasteiger partial charge on any atom is -0.355 e. The Morgan fingerprint density at radius 3 is 2.25 bits per heavy atom. The highest BCUT2D eigenvalue weighted by atomic mass is 35.5. The maximum atomic E-state index is 13.2. The number of nitrogens with zero attached hydrogens (tertiary/aromatic N) is 2. The van der Waals surface area contributed by atoms with Crippen LogP contribution in [0, 0.1) is 0 Å². The summed E-state index contributed by atoms with van der Waals surface area (Å²) in [5, 5.41) is 5.62. The molecule has 0 bridgehead atoms. The van der Waals surface area contributed by atoms with E-state index >= 15 is 0 Å². The predicted octanol–water partition coefficient (Wildman–Crippen LogP) is 4.31. The summed E-state index contributed by atoms with van der Waals surface area (Å²) in [4.78, 5) is 28.3. The first-order valence-electron chi connectivity index (χ1n) is 11.3. The molecule has 1 atom stereocenters. The number of carbonyl (C=O) groups excluding carboxylic acids is 2. The Bertz CT molecular complexity index is 1370. The van der Waals surface area contributed by atoms with Gasteiger partial charge in [-0.3, -0.25) is 9.59 Å². The van der Waals surface area contributed by atoms with Crippen LogP contribution >= 0.6 is 22.9 Å². The number of carbonyl (C=O) groups is 2. The molecule has 36 heavy (non-hydrogen) atoms. The molecule has 3 aromatic rings. The average molecular weight is 545 g/mol. The third kappa shape index (κ3) is 6.71. The molecule has 0 spiro atoms. The van der Waals surface area contributed by atoms with Crippen LogP contribution in [0.3, 0.4) is 0 Å². The molecule has 1 saturated heterocycles. The molecule has 4 rings (SSSR count). The maximum Gasteiger partial charge on any atom is 0.262 e. The highest BCUT2D eigenvalue weighted by Gasteiger charge is 2.25. The zero-order chi connectivity index (χ0) is 25.7. The van der Waals surface area contributed by atoms with Gasteiger partial charge in [-0.2, -0.15) is 0 Å². The number of benzene rings is 2. The lowest BCUT2D eigenvalue weighted by atomic mass is 10.1. The number of likely N-dealkylation sites (tertiary alicyclic amines) is 1. The van der Waals surface area contributed by atoms with Gasteiger partial charge in [-0.05, 0) is 54.8 Å². The summed E-state index contributed by atoms with van der Waals surface area (Å²) in [5.41, 5.74) is 1.76. The minimum absolute atomic E-state index is 0.400. The van der Waals surface area contributed by atoms with Crippen molar-refractivity contribution >= 4 is 56.3 Å². The first-order valence-corrected chi connectivity index (χ1v) is 14.3. The largest absolute Gasteiger partial charge is 0.355 e. The van der Waals surface area contributed by atoms with Crippen molar-refractivity contribution in [1.82, 2.24) is 10.2 Å². The second-order valence-electron chi connectivity index (χ2n) is 8.33. The van der Waals surface area contributed by atoms with Gasteiger partial charge < -0.3 is 15.5 Å². The van der Waals surface area contributed by atoms with Crippen LogP contribution in [0.15, 0.2) is 71.1 Å². The van der Waals surface area contributed by atoms with Crippen molar-refractivity contribution in [1.29, 1.82) is 0 Å². The molecule has 0 saturated carbocycles. The highest BCUT2D eigenvalue weighted by Crippen LogP contribution is 2.24. The van der Waals surface area contributed by atoms with Crippen LogP contribution < -0.4 is 10.6 Å². The predicted molar refractivity (Wildman–Crippen MR) is 143 cm³/mol. The molecule has 0 aliphatic carbocycles. The van der Waals surface area contributed by atoms with Crippen LogP contribution in [0.2, 0.25) is 4.34 Å². The number of amidine groups is 1. The van der Waals surface area contributed by atoms with Gasteiger partial charge in [-0.25, -0.2) is 8.42 Å². The standard InChI is InChI=1S/C25H25ClN4O4S2/c1-36(33,34)29-23(30-15-5-6-16-30)18-9-11-19(12-10-18)27-25(32)22(17-7-3-2-4-8-17)28-24(31)20-13-14-21(26)35-20/h2-4,7-14,22H,5-6,15-16H2,1H3,(H,27,32)(H,28,31). The first-order chi connectivity index (χ1) is 17.2. The molecule has 11 heteroatoms. The fraction of sp³-hybridized carbons (Fsp3) is 0.240. The van der Waals surface area contributed by atoms with Crippen molar-refractivity contribution in [3.05, 3.63) is 87.1 Å². The maximum absolute atomic E-state index is 13.2. The van der Waals surface area contributed by atoms with E-state index in [1.807, 2.05) is 11.0 Å². The van der Waals surface area contributed by atoms with Crippen molar-refractivity contribution in [3.8, 4) is 0 Å². The summed E-state index contributed by atoms with van der Waals surface area (Å²) in [6.07, 6.45) is 3.02. The monoisotopic (exact) mass is 544 g/mol. The van der Waals surface area contributed by atoms with E-state index in [2.05, 4.69) is 15.0 Å². The second-order valence-corrected chi connectivity index (χ2v) is 11.7. The van der Waals surface area contributed by atoms with E-state index in [0.717, 1.165) is 43.5 Å². The molecule has 188 valence electrons. The molecule has 2 heterocycles. The topological polar surface area (TPSA) is 108 Å². The van der Waals surface area contributed by atoms with Crippen molar-refractivity contribution in [2.75, 3.05) is 24.7 Å². The fourth-order valence-corrected chi connectivity index (χ4v) is 5.36. The summed E-state index contributed by atoms with van der Waals surface area (Å²) < 4.78 is 28.2. The molecule has 0 radical (unpaired) electrons. The van der Waals surface area contributed by atoms with Crippen molar-refractivity contribution in [3.63, 3.8) is 0 Å². The molecule has 1 fully saturated rings. The Morgan fingerprint density at radius 2 is 1.67 bits per heavy atom. The van der Waals surface area contributed by atoms with Crippen LogP contribution in [0.25, 0.3) is 0 Å². The van der Waals surface area contributed by atoms with E-state index in [-0.39, 0.29) is 0 Å². The Balaban J connectivity index is 1.54. The van der Waals surface area contributed by atoms with Crippen LogP contribution in [-0.4, -0.2) is 50.3 Å². The lowest BCUT2D eigenvalue weighted by Gasteiger charge is -2.21. The van der Waals surface area contributed by atoms with E-state index in [1.165, 1.54) is 0 Å². The van der Waals surface area contributed by atoms with Crippen LogP contribution in [0.5, 0.6) is 0 Å². The van der Waals surface area contributed by atoms with Gasteiger partial charge in [0.25, 0.3) is 21.8 Å². The summed E-state index contributed by atoms with van der Waals surface area (Å²) in [6, 6.07) is 18.1. The molecule has 1 aliphatic rings. The summed E-state index contributed by atoms with van der Waals surface area (Å²) >= 11 is 7.08. The normalized spacial score (nSPS) is 14.9. The van der Waals surface area contributed by atoms with Gasteiger partial charge in [0.15, 0.2) is 0 Å². The van der Waals surface area contributed by atoms with Gasteiger partial charge in [0.05, 0.1) is 15.5 Å². The molecule has 8 nitrogen and oxygen atoms in total. The molecule has 2 amide bonds. The lowest BCUT2D eigenvalue weighted by Crippen LogP contribution is -2.36. The third-order valence-electron chi connectivity index (χ3n) is 5.54. The van der Waals surface area contributed by atoms with Crippen LogP contribution in [0.1, 0.15) is 39.7 Å². The fourth-order valence-electron chi connectivity index (χ4n) is 3.88. The number of halogens is 1. The van der Waals surface area contributed by atoms with E-state index in [1.54, 1.807) is 60.7 Å². The van der Waals surface area contributed by atoms with E-state index in [0.29, 0.717) is 31.9 Å². The molecule has 2 N–H and O–H groups in total. The number of hydrogen-bond acceptors (Lipinski definition) is 5. The number of nitrogens with one attached hydrogen (secondary N) is 2. The van der Waals surface area contributed by atoms with Crippen LogP contribution in [0.4, 0.5) is 5.69 Å². The summed E-state index contributed by atoms with van der Waals surface area (Å²) in [5.74, 6) is -0.426. The Hall–Kier alpha value is -3.21. The summed E-state index contributed by atoms with van der Waals surface area (Å²) in [7, 11) is -3.58. The van der Waals surface area contributed by atoms with E-state index in [4.69, 9.17) is 11.6 Å². The van der Waals surface area contributed by atoms with Gasteiger partial charge in [-0.1, -0.05) is 41.9 Å². The molecule has 1 aromatic heterocycles. The molecular weight excluding hydrogens is 520 g/mol. The average Bonchev–Trinajstić information content (AvgIpc) is 3.54. The van der Waals surface area contributed by atoms with E-state index in [9.17, 15) is 18.0 Å². The minimum atomic E-state index is -3.58. The van der Waals surface area contributed by atoms with Gasteiger partial charge in [0, 0.05) is 24.3 Å². The zero-order valence-corrected chi connectivity index (χ0v) is 21.9. The van der Waals surface area contributed by atoms with Gasteiger partial charge in [-0.15, -0.1) is 15.7 Å². The van der Waals surface area contributed by atoms with Crippen LogP contribution in [-0.2, 0) is 14.8 Å². The zero-order valence-electron chi connectivity index (χ0n) is 19.5. The number of thiophene rings is 1. The number of anilines is 1. The highest BCUT2D eigenvalue weighted by molar-refractivity contribution is 7.89. The van der Waals surface area contributed by atoms with Crippen molar-refractivity contribution < 1.29 is 18.0 Å². The van der Waals surface area contributed by atoms with Crippen molar-refractivity contribution in [2.24, 2.45) is 4.40 Å². The quantitative estimate of drug-likeness (QED) is 0.340. The number of hydrogen-bond donors (Lipinski definition) is 2. The molecule has 1 aliphatic heterocycles. The second kappa shape index (κ2) is 11.2. The van der Waals surface area contributed by atoms with Crippen molar-refractivity contribution in [2.45, 2.75) is 18.9 Å².